The lowest BCUT2D eigenvalue weighted by Crippen LogP contribution is -2.28. The van der Waals surface area contributed by atoms with Crippen LogP contribution < -0.4 is 0 Å². The summed E-state index contributed by atoms with van der Waals surface area (Å²) in [5.41, 5.74) is 2.80. The minimum Gasteiger partial charge on any atom is -0.456 e. The fourth-order valence-electron chi connectivity index (χ4n) is 3.32. The van der Waals surface area contributed by atoms with Crippen LogP contribution in [0.1, 0.15) is 34.5 Å². The van der Waals surface area contributed by atoms with Crippen LogP contribution in [0.5, 0.6) is 0 Å². The smallest absolute Gasteiger partial charge is 0.340 e. The number of aryl methyl sites for hydroxylation is 1. The van der Waals surface area contributed by atoms with Crippen molar-refractivity contribution in [1.82, 2.24) is 9.29 Å². The molecule has 1 aliphatic rings. The number of benzene rings is 2. The van der Waals surface area contributed by atoms with Crippen LogP contribution in [-0.4, -0.2) is 36.8 Å². The minimum absolute atomic E-state index is 0.0240. The number of aromatic nitrogens is 1. The van der Waals surface area contributed by atoms with Gasteiger partial charge in [0, 0.05) is 24.0 Å². The molecule has 31 heavy (non-hydrogen) atoms. The number of rotatable bonds is 6. The monoisotopic (exact) mass is 476 g/mol. The molecule has 0 unspecified atom stereocenters. The number of carbonyl (C=O) groups is 1. The zero-order valence-electron chi connectivity index (χ0n) is 16.9. The second kappa shape index (κ2) is 9.08. The van der Waals surface area contributed by atoms with Crippen LogP contribution in [0.4, 0.5) is 0 Å². The predicted octanol–water partition coefficient (Wildman–Crippen LogP) is 4.91. The van der Waals surface area contributed by atoms with Gasteiger partial charge in [-0.1, -0.05) is 41.4 Å². The Kier molecular flexibility index (Phi) is 6.43. The number of thiazole rings is 1. The van der Waals surface area contributed by atoms with Gasteiger partial charge in [0.05, 0.1) is 21.2 Å². The number of nitrogens with zero attached hydrogens (tertiary/aromatic N) is 2. The maximum atomic E-state index is 12.8. The van der Waals surface area contributed by atoms with E-state index in [0.717, 1.165) is 23.4 Å². The van der Waals surface area contributed by atoms with Crippen molar-refractivity contribution < 1.29 is 17.9 Å². The molecule has 0 aliphatic carbocycles. The highest BCUT2D eigenvalue weighted by molar-refractivity contribution is 7.89. The molecule has 9 heteroatoms. The van der Waals surface area contributed by atoms with Crippen molar-refractivity contribution >= 4 is 38.9 Å². The van der Waals surface area contributed by atoms with E-state index in [-0.39, 0.29) is 22.1 Å². The van der Waals surface area contributed by atoms with Crippen molar-refractivity contribution in [1.29, 1.82) is 0 Å². The number of sulfonamides is 1. The highest BCUT2D eigenvalue weighted by Gasteiger charge is 2.28. The topological polar surface area (TPSA) is 76.6 Å². The molecule has 1 aliphatic heterocycles. The molecule has 2 heterocycles. The Morgan fingerprint density at radius 3 is 2.58 bits per heavy atom. The van der Waals surface area contributed by atoms with E-state index in [1.54, 1.807) is 0 Å². The van der Waals surface area contributed by atoms with E-state index in [0.29, 0.717) is 18.8 Å². The quantitative estimate of drug-likeness (QED) is 0.472. The second-order valence-corrected chi connectivity index (χ2v) is 10.5. The maximum Gasteiger partial charge on any atom is 0.340 e. The first kappa shape index (κ1) is 22.0. The molecular formula is C22H21ClN2O4S2. The van der Waals surface area contributed by atoms with Crippen LogP contribution in [0.3, 0.4) is 0 Å². The normalized spacial score (nSPS) is 14.6. The maximum absolute atomic E-state index is 12.8. The molecule has 1 saturated heterocycles. The Morgan fingerprint density at radius 2 is 1.87 bits per heavy atom. The molecule has 1 fully saturated rings. The zero-order chi connectivity index (χ0) is 22.0. The summed E-state index contributed by atoms with van der Waals surface area (Å²) in [4.78, 5) is 17.2. The Morgan fingerprint density at radius 1 is 1.16 bits per heavy atom. The van der Waals surface area contributed by atoms with Crippen LogP contribution in [0.25, 0.3) is 10.6 Å². The van der Waals surface area contributed by atoms with E-state index in [9.17, 15) is 13.2 Å². The Balaban J connectivity index is 1.47. The molecule has 0 amide bonds. The van der Waals surface area contributed by atoms with Crippen molar-refractivity contribution in [3.63, 3.8) is 0 Å². The highest BCUT2D eigenvalue weighted by atomic mass is 35.5. The molecule has 0 spiro atoms. The summed E-state index contributed by atoms with van der Waals surface area (Å²) in [6, 6.07) is 12.1. The molecule has 0 radical (unpaired) electrons. The summed E-state index contributed by atoms with van der Waals surface area (Å²) >= 11 is 7.62. The average Bonchev–Trinajstić information content (AvgIpc) is 3.45. The van der Waals surface area contributed by atoms with Crippen molar-refractivity contribution in [3.8, 4) is 10.6 Å². The van der Waals surface area contributed by atoms with E-state index >= 15 is 0 Å². The molecule has 0 saturated carbocycles. The summed E-state index contributed by atoms with van der Waals surface area (Å²) in [6.45, 7) is 2.96. The first-order chi connectivity index (χ1) is 14.8. The lowest BCUT2D eigenvalue weighted by atomic mass is 10.2. The first-order valence-corrected chi connectivity index (χ1v) is 12.5. The van der Waals surface area contributed by atoms with Crippen LogP contribution in [-0.2, 0) is 21.4 Å². The zero-order valence-corrected chi connectivity index (χ0v) is 19.3. The number of ether oxygens (including phenoxy) is 1. The van der Waals surface area contributed by atoms with E-state index in [4.69, 9.17) is 16.3 Å². The molecule has 0 atom stereocenters. The molecule has 0 bridgehead atoms. The summed E-state index contributed by atoms with van der Waals surface area (Å²) < 4.78 is 32.4. The van der Waals surface area contributed by atoms with Crippen LogP contribution in [0.2, 0.25) is 5.02 Å². The number of esters is 1. The van der Waals surface area contributed by atoms with Crippen LogP contribution in [0.15, 0.2) is 52.7 Å². The third-order valence-corrected chi connectivity index (χ3v) is 8.23. The van der Waals surface area contributed by atoms with Crippen molar-refractivity contribution in [2.45, 2.75) is 31.3 Å². The molecular weight excluding hydrogens is 456 g/mol. The van der Waals surface area contributed by atoms with Gasteiger partial charge in [0.1, 0.15) is 11.6 Å². The summed E-state index contributed by atoms with van der Waals surface area (Å²) in [7, 11) is -3.65. The number of hydrogen-bond acceptors (Lipinski definition) is 6. The number of halogens is 1. The fourth-order valence-corrected chi connectivity index (χ4v) is 5.87. The van der Waals surface area contributed by atoms with E-state index in [1.165, 1.54) is 39.4 Å². The van der Waals surface area contributed by atoms with Gasteiger partial charge in [0.25, 0.3) is 0 Å². The molecule has 6 nitrogen and oxygen atoms in total. The van der Waals surface area contributed by atoms with Crippen LogP contribution in [0, 0.1) is 6.92 Å². The van der Waals surface area contributed by atoms with Crippen LogP contribution >= 0.6 is 22.9 Å². The highest BCUT2D eigenvalue weighted by Crippen LogP contribution is 2.27. The van der Waals surface area contributed by atoms with Gasteiger partial charge in [0.15, 0.2) is 0 Å². The third-order valence-electron chi connectivity index (χ3n) is 5.06. The second-order valence-electron chi connectivity index (χ2n) is 7.34. The Hall–Kier alpha value is -2.26. The van der Waals surface area contributed by atoms with Gasteiger partial charge in [-0.25, -0.2) is 18.2 Å². The first-order valence-electron chi connectivity index (χ1n) is 9.83. The standard InChI is InChI=1S/C22H21ClN2O4S2/c1-15-4-6-16(7-5-15)21-24-17(14-30-21)13-29-22(26)19-12-18(8-9-20(19)23)31(27,28)25-10-2-3-11-25/h4-9,12,14H,2-3,10-11,13H2,1H3. The molecule has 4 rings (SSSR count). The minimum atomic E-state index is -3.65. The Labute approximate surface area is 190 Å². The van der Waals surface area contributed by atoms with Gasteiger partial charge >= 0.3 is 5.97 Å². The molecule has 3 aromatic rings. The van der Waals surface area contributed by atoms with Gasteiger partial charge in [-0.05, 0) is 38.0 Å². The van der Waals surface area contributed by atoms with E-state index in [2.05, 4.69) is 4.98 Å². The van der Waals surface area contributed by atoms with Gasteiger partial charge in [-0.3, -0.25) is 0 Å². The lowest BCUT2D eigenvalue weighted by molar-refractivity contribution is 0.0468. The van der Waals surface area contributed by atoms with E-state index in [1.807, 2.05) is 36.6 Å². The third kappa shape index (κ3) is 4.82. The molecule has 0 N–H and O–H groups in total. The van der Waals surface area contributed by atoms with Crippen molar-refractivity contribution in [3.05, 3.63) is 69.7 Å². The number of hydrogen-bond donors (Lipinski definition) is 0. The average molecular weight is 477 g/mol. The molecule has 1 aromatic heterocycles. The van der Waals surface area contributed by atoms with Crippen molar-refractivity contribution in [2.24, 2.45) is 0 Å². The van der Waals surface area contributed by atoms with Gasteiger partial charge in [0.2, 0.25) is 10.0 Å². The lowest BCUT2D eigenvalue weighted by Gasteiger charge is -2.16. The van der Waals surface area contributed by atoms with Gasteiger partial charge in [-0.2, -0.15) is 4.31 Å². The number of carbonyl (C=O) groups excluding carboxylic acids is 1. The molecule has 2 aromatic carbocycles. The Bertz CT molecular complexity index is 1200. The SMILES string of the molecule is Cc1ccc(-c2nc(COC(=O)c3cc(S(=O)(=O)N4CCCC4)ccc3Cl)cs2)cc1. The van der Waals surface area contributed by atoms with Crippen molar-refractivity contribution in [2.75, 3.05) is 13.1 Å². The molecule has 162 valence electrons. The largest absolute Gasteiger partial charge is 0.456 e. The van der Waals surface area contributed by atoms with E-state index < -0.39 is 16.0 Å². The summed E-state index contributed by atoms with van der Waals surface area (Å²) in [5.74, 6) is -0.687. The predicted molar refractivity (Wildman–Crippen MR) is 121 cm³/mol. The van der Waals surface area contributed by atoms with Gasteiger partial charge in [-0.15, -0.1) is 11.3 Å². The summed E-state index contributed by atoms with van der Waals surface area (Å²) in [6.07, 6.45) is 1.67. The fraction of sp³-hybridized carbons (Fsp3) is 0.273. The summed E-state index contributed by atoms with van der Waals surface area (Å²) in [5, 5.41) is 2.81. The van der Waals surface area contributed by atoms with Gasteiger partial charge < -0.3 is 4.74 Å².